The predicted molar refractivity (Wildman–Crippen MR) is 69.5 cm³/mol. The topological polar surface area (TPSA) is 75.4 Å². The molecule has 0 unspecified atom stereocenters. The van der Waals surface area contributed by atoms with E-state index in [1.54, 1.807) is 17.9 Å². The van der Waals surface area contributed by atoms with Gasteiger partial charge in [-0.15, -0.1) is 0 Å². The highest BCUT2D eigenvalue weighted by Gasteiger charge is 2.29. The molecule has 1 fully saturated rings. The van der Waals surface area contributed by atoms with Crippen molar-refractivity contribution >= 4 is 17.6 Å². The first-order valence-corrected chi connectivity index (χ1v) is 6.67. The van der Waals surface area contributed by atoms with E-state index in [9.17, 15) is 9.59 Å². The van der Waals surface area contributed by atoms with E-state index in [2.05, 4.69) is 10.5 Å². The highest BCUT2D eigenvalue weighted by Crippen LogP contribution is 2.23. The molecule has 1 aromatic rings. The maximum atomic E-state index is 12.1. The van der Waals surface area contributed by atoms with E-state index in [-0.39, 0.29) is 11.9 Å². The second-order valence-electron chi connectivity index (χ2n) is 4.81. The number of nitrogens with zero attached hydrogens (tertiary/aromatic N) is 2. The summed E-state index contributed by atoms with van der Waals surface area (Å²) in [5, 5.41) is 6.11. The minimum Gasteiger partial charge on any atom is -0.360 e. The molecule has 0 aliphatic heterocycles. The highest BCUT2D eigenvalue weighted by molar-refractivity contribution is 6.39. The van der Waals surface area contributed by atoms with Gasteiger partial charge in [-0.05, 0) is 26.7 Å². The number of amides is 2. The molecule has 2 rings (SSSR count). The summed E-state index contributed by atoms with van der Waals surface area (Å²) in [6.07, 6.45) is 4.21. The first-order chi connectivity index (χ1) is 9.11. The van der Waals surface area contributed by atoms with Crippen LogP contribution in [-0.2, 0) is 9.59 Å². The van der Waals surface area contributed by atoms with Crippen LogP contribution in [0.25, 0.3) is 0 Å². The summed E-state index contributed by atoms with van der Waals surface area (Å²) in [5.74, 6) is -0.277. The van der Waals surface area contributed by atoms with Crippen molar-refractivity contribution < 1.29 is 14.1 Å². The van der Waals surface area contributed by atoms with E-state index in [0.29, 0.717) is 12.3 Å². The number of aromatic nitrogens is 1. The highest BCUT2D eigenvalue weighted by atomic mass is 16.5. The Labute approximate surface area is 112 Å². The van der Waals surface area contributed by atoms with Crippen molar-refractivity contribution in [2.75, 3.05) is 11.9 Å². The fraction of sp³-hybridized carbons (Fsp3) is 0.615. The van der Waals surface area contributed by atoms with Crippen LogP contribution in [0.2, 0.25) is 0 Å². The van der Waals surface area contributed by atoms with Crippen LogP contribution in [-0.4, -0.2) is 34.5 Å². The van der Waals surface area contributed by atoms with Gasteiger partial charge in [0.15, 0.2) is 5.82 Å². The van der Waals surface area contributed by atoms with Crippen LogP contribution >= 0.6 is 0 Å². The zero-order valence-corrected chi connectivity index (χ0v) is 11.3. The molecule has 1 aliphatic rings. The third kappa shape index (κ3) is 3.13. The Balaban J connectivity index is 1.98. The molecule has 6 nitrogen and oxygen atoms in total. The van der Waals surface area contributed by atoms with Gasteiger partial charge < -0.3 is 9.42 Å². The molecule has 0 atom stereocenters. The summed E-state index contributed by atoms with van der Waals surface area (Å²) in [5.41, 5.74) is 0. The number of likely N-dealkylation sites (N-methyl/N-ethyl adjacent to an activating group) is 1. The van der Waals surface area contributed by atoms with Gasteiger partial charge in [0.05, 0.1) is 0 Å². The molecule has 19 heavy (non-hydrogen) atoms. The van der Waals surface area contributed by atoms with Crippen LogP contribution < -0.4 is 5.32 Å². The van der Waals surface area contributed by atoms with Crippen molar-refractivity contribution in [3.8, 4) is 0 Å². The molecule has 6 heteroatoms. The van der Waals surface area contributed by atoms with Gasteiger partial charge in [-0.1, -0.05) is 18.0 Å². The first-order valence-electron chi connectivity index (χ1n) is 6.67. The van der Waals surface area contributed by atoms with Crippen LogP contribution in [0.3, 0.4) is 0 Å². The average Bonchev–Trinajstić information content (AvgIpc) is 3.02. The van der Waals surface area contributed by atoms with Gasteiger partial charge in [-0.3, -0.25) is 14.9 Å². The average molecular weight is 265 g/mol. The van der Waals surface area contributed by atoms with E-state index < -0.39 is 11.8 Å². The third-order valence-electron chi connectivity index (χ3n) is 3.43. The molecule has 0 saturated heterocycles. The molecule has 2 amide bonds. The molecule has 1 aliphatic carbocycles. The van der Waals surface area contributed by atoms with Crippen molar-refractivity contribution in [3.63, 3.8) is 0 Å². The summed E-state index contributed by atoms with van der Waals surface area (Å²) in [7, 11) is 0. The van der Waals surface area contributed by atoms with Crippen molar-refractivity contribution in [1.29, 1.82) is 0 Å². The van der Waals surface area contributed by atoms with Crippen LogP contribution in [0.1, 0.15) is 38.4 Å². The molecule has 1 saturated carbocycles. The number of carbonyl (C=O) groups is 2. The van der Waals surface area contributed by atoms with E-state index >= 15 is 0 Å². The molecule has 104 valence electrons. The van der Waals surface area contributed by atoms with Gasteiger partial charge in [0, 0.05) is 18.7 Å². The summed E-state index contributed by atoms with van der Waals surface area (Å²) in [4.78, 5) is 25.7. The van der Waals surface area contributed by atoms with Crippen LogP contribution in [0.5, 0.6) is 0 Å². The molecule has 0 radical (unpaired) electrons. The molecular weight excluding hydrogens is 246 g/mol. The predicted octanol–water partition coefficient (Wildman–Crippen LogP) is 1.71. The Kier molecular flexibility index (Phi) is 4.19. The number of nitrogens with one attached hydrogen (secondary N) is 1. The molecule has 0 bridgehead atoms. The molecule has 1 heterocycles. The minimum absolute atomic E-state index is 0.197. The fourth-order valence-electron chi connectivity index (χ4n) is 2.51. The monoisotopic (exact) mass is 265 g/mol. The smallest absolute Gasteiger partial charge is 0.315 e. The van der Waals surface area contributed by atoms with E-state index in [4.69, 9.17) is 4.52 Å². The summed E-state index contributed by atoms with van der Waals surface area (Å²) in [6.45, 7) is 4.17. The largest absolute Gasteiger partial charge is 0.360 e. The Hall–Kier alpha value is -1.85. The zero-order valence-electron chi connectivity index (χ0n) is 11.3. The summed E-state index contributed by atoms with van der Waals surface area (Å²) in [6, 6.07) is 1.78. The van der Waals surface area contributed by atoms with Crippen LogP contribution in [0, 0.1) is 6.92 Å². The van der Waals surface area contributed by atoms with Gasteiger partial charge in [0.2, 0.25) is 0 Å². The summed E-state index contributed by atoms with van der Waals surface area (Å²) >= 11 is 0. The van der Waals surface area contributed by atoms with Gasteiger partial charge in [0.1, 0.15) is 5.76 Å². The normalized spacial score (nSPS) is 15.5. The number of rotatable bonds is 3. The van der Waals surface area contributed by atoms with Gasteiger partial charge in [0.25, 0.3) is 0 Å². The van der Waals surface area contributed by atoms with Crippen LogP contribution in [0.4, 0.5) is 5.82 Å². The lowest BCUT2D eigenvalue weighted by molar-refractivity contribution is -0.144. The molecule has 1 aromatic heterocycles. The quantitative estimate of drug-likeness (QED) is 0.844. The standard InChI is InChI=1S/C13H19N3O3/c1-3-16(10-6-4-5-7-10)13(18)12(17)14-11-8-9(2)19-15-11/h8,10H,3-7H2,1-2H3,(H,14,15,17). The van der Waals surface area contributed by atoms with Crippen LogP contribution in [0.15, 0.2) is 10.6 Å². The molecule has 0 aromatic carbocycles. The Morgan fingerprint density at radius 2 is 2.16 bits per heavy atom. The second-order valence-corrected chi connectivity index (χ2v) is 4.81. The number of hydrogen-bond acceptors (Lipinski definition) is 4. The lowest BCUT2D eigenvalue weighted by Gasteiger charge is -2.26. The van der Waals surface area contributed by atoms with E-state index in [1.807, 2.05) is 6.92 Å². The maximum absolute atomic E-state index is 12.1. The SMILES string of the molecule is CCN(C(=O)C(=O)Nc1cc(C)on1)C1CCCC1. The van der Waals surface area contributed by atoms with Crippen molar-refractivity contribution in [2.45, 2.75) is 45.6 Å². The van der Waals surface area contributed by atoms with Crippen molar-refractivity contribution in [1.82, 2.24) is 10.1 Å². The number of aryl methyl sites for hydroxylation is 1. The van der Waals surface area contributed by atoms with E-state index in [0.717, 1.165) is 25.7 Å². The molecular formula is C13H19N3O3. The third-order valence-corrected chi connectivity index (χ3v) is 3.43. The molecule has 1 N–H and O–H groups in total. The van der Waals surface area contributed by atoms with Crippen molar-refractivity contribution in [3.05, 3.63) is 11.8 Å². The zero-order chi connectivity index (χ0) is 13.8. The van der Waals surface area contributed by atoms with E-state index in [1.165, 1.54) is 0 Å². The maximum Gasteiger partial charge on any atom is 0.315 e. The lowest BCUT2D eigenvalue weighted by Crippen LogP contribution is -2.44. The van der Waals surface area contributed by atoms with Gasteiger partial charge >= 0.3 is 11.8 Å². The summed E-state index contributed by atoms with van der Waals surface area (Å²) < 4.78 is 4.84. The molecule has 0 spiro atoms. The second kappa shape index (κ2) is 5.86. The van der Waals surface area contributed by atoms with Gasteiger partial charge in [-0.25, -0.2) is 0 Å². The Morgan fingerprint density at radius 3 is 2.68 bits per heavy atom. The Bertz CT molecular complexity index is 463. The van der Waals surface area contributed by atoms with Crippen molar-refractivity contribution in [2.24, 2.45) is 0 Å². The first kappa shape index (κ1) is 13.6. The number of anilines is 1. The lowest BCUT2D eigenvalue weighted by atomic mass is 10.2. The Morgan fingerprint density at radius 1 is 1.47 bits per heavy atom. The fourth-order valence-corrected chi connectivity index (χ4v) is 2.51. The van der Waals surface area contributed by atoms with Gasteiger partial charge in [-0.2, -0.15) is 0 Å². The number of hydrogen-bond donors (Lipinski definition) is 1. The minimum atomic E-state index is -0.651. The number of carbonyl (C=O) groups excluding carboxylic acids is 2.